The fourth-order valence-electron chi connectivity index (χ4n) is 2.13. The van der Waals surface area contributed by atoms with Crippen LogP contribution in [0.2, 0.25) is 0 Å². The zero-order valence-electron chi connectivity index (χ0n) is 13.0. The summed E-state index contributed by atoms with van der Waals surface area (Å²) in [7, 11) is 1.32. The average Bonchev–Trinajstić information content (AvgIpc) is 2.88. The van der Waals surface area contributed by atoms with Crippen LogP contribution in [-0.2, 0) is 9.53 Å². The molecule has 1 unspecified atom stereocenters. The Morgan fingerprint density at radius 3 is 2.83 bits per heavy atom. The van der Waals surface area contributed by atoms with Crippen molar-refractivity contribution in [3.63, 3.8) is 0 Å². The number of thioether (sulfide) groups is 1. The Bertz CT molecular complexity index is 732. The summed E-state index contributed by atoms with van der Waals surface area (Å²) in [4.78, 5) is 32.6. The number of aliphatic carboxylic acids is 1. The molecule has 0 aliphatic heterocycles. The van der Waals surface area contributed by atoms with Crippen LogP contribution in [-0.4, -0.2) is 52.2 Å². The molecule has 2 aromatic heterocycles. The molecule has 0 aromatic carbocycles. The van der Waals surface area contributed by atoms with Crippen molar-refractivity contribution in [1.82, 2.24) is 9.97 Å². The number of hydrogen-bond acceptors (Lipinski definition) is 8. The van der Waals surface area contributed by atoms with Crippen molar-refractivity contribution in [1.29, 1.82) is 0 Å². The fourth-order valence-corrected chi connectivity index (χ4v) is 3.66. The van der Waals surface area contributed by atoms with Gasteiger partial charge in [0.1, 0.15) is 27.9 Å². The Labute approximate surface area is 141 Å². The number of methoxy groups -OCH3 is 1. The third kappa shape index (κ3) is 3.73. The van der Waals surface area contributed by atoms with Crippen LogP contribution in [0, 0.1) is 6.92 Å². The molecule has 0 radical (unpaired) electrons. The minimum absolute atomic E-state index is 0.424. The van der Waals surface area contributed by atoms with E-state index in [-0.39, 0.29) is 0 Å². The molecule has 2 heterocycles. The van der Waals surface area contributed by atoms with E-state index in [2.05, 4.69) is 15.3 Å². The number of carboxylic acid groups (broad SMARTS) is 1. The number of thiophene rings is 1. The molecule has 0 saturated carbocycles. The van der Waals surface area contributed by atoms with E-state index in [1.165, 1.54) is 24.8 Å². The highest BCUT2D eigenvalue weighted by Crippen LogP contribution is 2.34. The van der Waals surface area contributed by atoms with Gasteiger partial charge in [-0.25, -0.2) is 19.6 Å². The number of carboxylic acids is 1. The lowest BCUT2D eigenvalue weighted by molar-refractivity contribution is -0.137. The smallest absolute Gasteiger partial charge is 0.348 e. The first-order valence-electron chi connectivity index (χ1n) is 6.80. The number of carbonyl (C=O) groups is 2. The van der Waals surface area contributed by atoms with Crippen molar-refractivity contribution in [2.24, 2.45) is 0 Å². The SMILES string of the molecule is COC(=O)c1sc2ncnc(NC(CCSC)C(=O)O)c2c1C. The quantitative estimate of drug-likeness (QED) is 0.730. The van der Waals surface area contributed by atoms with Gasteiger partial charge in [-0.3, -0.25) is 0 Å². The molecule has 0 fully saturated rings. The summed E-state index contributed by atoms with van der Waals surface area (Å²) >= 11 is 2.79. The lowest BCUT2D eigenvalue weighted by Crippen LogP contribution is -2.30. The second kappa shape index (κ2) is 7.60. The molecule has 2 aromatic rings. The van der Waals surface area contributed by atoms with Gasteiger partial charge in [0.25, 0.3) is 0 Å². The molecule has 0 bridgehead atoms. The van der Waals surface area contributed by atoms with Gasteiger partial charge in [0.2, 0.25) is 0 Å². The number of nitrogens with one attached hydrogen (secondary N) is 1. The van der Waals surface area contributed by atoms with Crippen LogP contribution in [0.5, 0.6) is 0 Å². The van der Waals surface area contributed by atoms with Crippen molar-refractivity contribution < 1.29 is 19.4 Å². The van der Waals surface area contributed by atoms with Gasteiger partial charge in [-0.1, -0.05) is 0 Å². The van der Waals surface area contributed by atoms with Crippen LogP contribution in [0.4, 0.5) is 5.82 Å². The second-order valence-electron chi connectivity index (χ2n) is 4.77. The van der Waals surface area contributed by atoms with Gasteiger partial charge in [0.05, 0.1) is 12.5 Å². The van der Waals surface area contributed by atoms with E-state index in [4.69, 9.17) is 4.74 Å². The lowest BCUT2D eigenvalue weighted by Gasteiger charge is -2.15. The molecule has 124 valence electrons. The van der Waals surface area contributed by atoms with Crippen molar-refractivity contribution in [2.45, 2.75) is 19.4 Å². The summed E-state index contributed by atoms with van der Waals surface area (Å²) < 4.78 is 4.76. The van der Waals surface area contributed by atoms with Crippen LogP contribution < -0.4 is 5.32 Å². The van der Waals surface area contributed by atoms with E-state index in [1.54, 1.807) is 18.7 Å². The molecule has 2 N–H and O–H groups in total. The molecule has 0 amide bonds. The minimum atomic E-state index is -0.938. The Hall–Kier alpha value is -1.87. The molecule has 9 heteroatoms. The number of anilines is 1. The van der Waals surface area contributed by atoms with E-state index in [0.29, 0.717) is 38.6 Å². The van der Waals surface area contributed by atoms with Crippen LogP contribution in [0.15, 0.2) is 6.33 Å². The molecule has 7 nitrogen and oxygen atoms in total. The maximum Gasteiger partial charge on any atom is 0.348 e. The van der Waals surface area contributed by atoms with E-state index in [9.17, 15) is 14.7 Å². The van der Waals surface area contributed by atoms with Crippen molar-refractivity contribution in [3.05, 3.63) is 16.8 Å². The predicted octanol–water partition coefficient (Wildman–Crippen LogP) is 2.40. The molecule has 0 spiro atoms. The largest absolute Gasteiger partial charge is 0.480 e. The highest BCUT2D eigenvalue weighted by Gasteiger charge is 2.23. The molecular formula is C14H17N3O4S2. The van der Waals surface area contributed by atoms with Gasteiger partial charge in [-0.05, 0) is 30.9 Å². The number of aryl methyl sites for hydroxylation is 1. The number of esters is 1. The molecule has 0 aliphatic rings. The number of hydrogen-bond donors (Lipinski definition) is 2. The summed E-state index contributed by atoms with van der Waals surface area (Å²) in [6.45, 7) is 1.78. The van der Waals surface area contributed by atoms with Crippen LogP contribution in [0.1, 0.15) is 21.7 Å². The van der Waals surface area contributed by atoms with Gasteiger partial charge in [0, 0.05) is 0 Å². The zero-order valence-corrected chi connectivity index (χ0v) is 14.6. The maximum absolute atomic E-state index is 11.8. The zero-order chi connectivity index (χ0) is 17.0. The second-order valence-corrected chi connectivity index (χ2v) is 6.75. The molecule has 0 saturated heterocycles. The van der Waals surface area contributed by atoms with Crippen LogP contribution >= 0.6 is 23.1 Å². The normalized spacial score (nSPS) is 12.1. The molecule has 2 rings (SSSR count). The Kier molecular flexibility index (Phi) is 5.78. The highest BCUT2D eigenvalue weighted by atomic mass is 32.2. The Morgan fingerprint density at radius 1 is 1.48 bits per heavy atom. The van der Waals surface area contributed by atoms with E-state index < -0.39 is 18.0 Å². The van der Waals surface area contributed by atoms with Gasteiger partial charge in [-0.15, -0.1) is 11.3 Å². The van der Waals surface area contributed by atoms with Crippen LogP contribution in [0.25, 0.3) is 10.2 Å². The average molecular weight is 355 g/mol. The summed E-state index contributed by atoms with van der Waals surface area (Å²) in [5.74, 6) is -0.235. The van der Waals surface area contributed by atoms with Crippen molar-refractivity contribution >= 4 is 51.1 Å². The summed E-state index contributed by atoms with van der Waals surface area (Å²) in [5.41, 5.74) is 0.689. The molecule has 0 aliphatic carbocycles. The van der Waals surface area contributed by atoms with E-state index in [0.717, 1.165) is 0 Å². The summed E-state index contributed by atoms with van der Waals surface area (Å²) in [6, 6.07) is -0.749. The van der Waals surface area contributed by atoms with E-state index >= 15 is 0 Å². The minimum Gasteiger partial charge on any atom is -0.480 e. The third-order valence-electron chi connectivity index (χ3n) is 3.32. The monoisotopic (exact) mass is 355 g/mol. The third-order valence-corrected chi connectivity index (χ3v) is 5.14. The summed E-state index contributed by atoms with van der Waals surface area (Å²) in [5, 5.41) is 13.0. The number of carbonyl (C=O) groups excluding carboxylic acids is 1. The fraction of sp³-hybridized carbons (Fsp3) is 0.429. The Morgan fingerprint density at radius 2 is 2.22 bits per heavy atom. The first kappa shape index (κ1) is 17.5. The topological polar surface area (TPSA) is 101 Å². The Balaban J connectivity index is 2.42. The van der Waals surface area contributed by atoms with Gasteiger partial charge >= 0.3 is 11.9 Å². The first-order chi connectivity index (χ1) is 11.0. The van der Waals surface area contributed by atoms with Crippen molar-refractivity contribution in [2.75, 3.05) is 24.4 Å². The molecule has 1 atom stereocenters. The number of aromatic nitrogens is 2. The standard InChI is InChI=1S/C14H17N3O4S2/c1-7-9-11(17-8(13(18)19)4-5-22-3)15-6-16-12(9)23-10(7)14(20)21-2/h6,8H,4-5H2,1-3H3,(H,18,19)(H,15,16,17). The number of nitrogens with zero attached hydrogens (tertiary/aromatic N) is 2. The van der Waals surface area contributed by atoms with Gasteiger partial charge in [0.15, 0.2) is 0 Å². The van der Waals surface area contributed by atoms with E-state index in [1.807, 2.05) is 6.26 Å². The number of fused-ring (bicyclic) bond motifs is 1. The van der Waals surface area contributed by atoms with Crippen LogP contribution in [0.3, 0.4) is 0 Å². The molecular weight excluding hydrogens is 338 g/mol. The van der Waals surface area contributed by atoms with Crippen molar-refractivity contribution in [3.8, 4) is 0 Å². The summed E-state index contributed by atoms with van der Waals surface area (Å²) in [6.07, 6.45) is 3.75. The first-order valence-corrected chi connectivity index (χ1v) is 9.01. The maximum atomic E-state index is 11.8. The van der Waals surface area contributed by atoms with Gasteiger partial charge < -0.3 is 15.2 Å². The predicted molar refractivity (Wildman–Crippen MR) is 91.5 cm³/mol. The number of rotatable bonds is 7. The number of ether oxygens (including phenoxy) is 1. The molecule has 23 heavy (non-hydrogen) atoms. The highest BCUT2D eigenvalue weighted by molar-refractivity contribution is 7.98. The lowest BCUT2D eigenvalue weighted by atomic mass is 10.1. The van der Waals surface area contributed by atoms with Gasteiger partial charge in [-0.2, -0.15) is 11.8 Å².